The van der Waals surface area contributed by atoms with Gasteiger partial charge in [0.05, 0.1) is 0 Å². The first kappa shape index (κ1) is 27.7. The zero-order valence-corrected chi connectivity index (χ0v) is 24.2. The number of aromatic nitrogens is 2. The largest absolute Gasteiger partial charge is 0.462 e. The molecule has 3 aromatic rings. The van der Waals surface area contributed by atoms with Crippen molar-refractivity contribution < 1.29 is 18.3 Å². The Kier molecular flexibility index (Phi) is 7.01. The molecule has 2 aliphatic heterocycles. The molecule has 4 atom stereocenters. The molecule has 0 unspecified atom stereocenters. The Labute approximate surface area is 249 Å². The molecule has 8 nitrogen and oxygen atoms in total. The number of likely N-dealkylation sites (tertiary alicyclic amines) is 1. The highest BCUT2D eigenvalue weighted by Gasteiger charge is 2.46. The molecule has 0 bridgehead atoms. The van der Waals surface area contributed by atoms with Gasteiger partial charge in [0.25, 0.3) is 5.91 Å². The Bertz CT molecular complexity index is 1670. The number of fused-ring (bicyclic) bond motifs is 4. The molecule has 1 aromatic heterocycles. The zero-order chi connectivity index (χ0) is 29.8. The number of anilines is 1. The second kappa shape index (κ2) is 10.9. The van der Waals surface area contributed by atoms with E-state index in [1.54, 1.807) is 0 Å². The van der Waals surface area contributed by atoms with Crippen LogP contribution in [0.3, 0.4) is 0 Å². The molecule has 222 valence electrons. The number of amides is 1. The van der Waals surface area contributed by atoms with Crippen molar-refractivity contribution in [2.75, 3.05) is 51.3 Å². The molecule has 0 spiro atoms. The van der Waals surface area contributed by atoms with E-state index in [-0.39, 0.29) is 37.2 Å². The predicted molar refractivity (Wildman–Crippen MR) is 160 cm³/mol. The SMILES string of the molecule is [C-]#[N+]C[C@H]1CN(c2nc(OC[C@@H]3CCCN3C)nc3c(F)c(-c4cccc5c4C[C@H]4C[C@@H]54)ccc23)CCN1C(=O)C(=C)F. The number of hydrogen-bond acceptors (Lipinski definition) is 6. The van der Waals surface area contributed by atoms with E-state index in [2.05, 4.69) is 34.4 Å². The summed E-state index contributed by atoms with van der Waals surface area (Å²) < 4.78 is 36.5. The molecule has 0 radical (unpaired) electrons. The molecule has 1 amide bonds. The van der Waals surface area contributed by atoms with E-state index < -0.39 is 23.6 Å². The van der Waals surface area contributed by atoms with Gasteiger partial charge in [0.15, 0.2) is 11.6 Å². The minimum Gasteiger partial charge on any atom is -0.462 e. The number of ether oxygens (including phenoxy) is 1. The van der Waals surface area contributed by atoms with Gasteiger partial charge in [0.1, 0.15) is 24.0 Å². The maximum atomic E-state index is 16.6. The quantitative estimate of drug-likeness (QED) is 0.288. The van der Waals surface area contributed by atoms with Crippen LogP contribution in [0.5, 0.6) is 6.01 Å². The van der Waals surface area contributed by atoms with Crippen LogP contribution in [0, 0.1) is 18.3 Å². The predicted octanol–water partition coefficient (Wildman–Crippen LogP) is 4.99. The molecular weight excluding hydrogens is 550 g/mol. The van der Waals surface area contributed by atoms with Crippen molar-refractivity contribution in [2.45, 2.75) is 43.7 Å². The summed E-state index contributed by atoms with van der Waals surface area (Å²) in [5.74, 6) is -0.531. The molecule has 0 N–H and O–H groups in total. The second-order valence-corrected chi connectivity index (χ2v) is 12.3. The Morgan fingerprint density at radius 3 is 2.79 bits per heavy atom. The van der Waals surface area contributed by atoms with E-state index in [0.29, 0.717) is 41.8 Å². The molecule has 7 rings (SSSR count). The maximum absolute atomic E-state index is 16.6. The summed E-state index contributed by atoms with van der Waals surface area (Å²) in [6.45, 7) is 12.7. The number of hydrogen-bond donors (Lipinski definition) is 0. The highest BCUT2D eigenvalue weighted by atomic mass is 19.1. The van der Waals surface area contributed by atoms with Crippen molar-refractivity contribution >= 4 is 22.6 Å². The van der Waals surface area contributed by atoms with Crippen molar-refractivity contribution in [3.05, 3.63) is 71.1 Å². The first-order valence-electron chi connectivity index (χ1n) is 15.0. The fourth-order valence-corrected chi connectivity index (χ4v) is 7.28. The molecule has 1 saturated carbocycles. The normalized spacial score (nSPS) is 24.5. The highest BCUT2D eigenvalue weighted by Crippen LogP contribution is 2.58. The average molecular weight is 585 g/mol. The fourth-order valence-electron chi connectivity index (χ4n) is 7.28. The topological polar surface area (TPSA) is 66.2 Å². The summed E-state index contributed by atoms with van der Waals surface area (Å²) in [4.78, 5) is 30.9. The molecule has 43 heavy (non-hydrogen) atoms. The van der Waals surface area contributed by atoms with Crippen LogP contribution in [-0.2, 0) is 11.2 Å². The van der Waals surface area contributed by atoms with Crippen molar-refractivity contribution in [1.82, 2.24) is 19.8 Å². The summed E-state index contributed by atoms with van der Waals surface area (Å²) in [5.41, 5.74) is 4.17. The number of benzene rings is 2. The van der Waals surface area contributed by atoms with Gasteiger partial charge in [-0.05, 0) is 73.9 Å². The van der Waals surface area contributed by atoms with Gasteiger partial charge in [0.2, 0.25) is 6.54 Å². The van der Waals surface area contributed by atoms with Crippen LogP contribution < -0.4 is 9.64 Å². The third-order valence-electron chi connectivity index (χ3n) is 9.71. The Morgan fingerprint density at radius 2 is 2.02 bits per heavy atom. The van der Waals surface area contributed by atoms with Crippen LogP contribution in [0.1, 0.15) is 36.3 Å². The lowest BCUT2D eigenvalue weighted by Gasteiger charge is -2.39. The number of halogens is 2. The minimum absolute atomic E-state index is 0.00444. The maximum Gasteiger partial charge on any atom is 0.319 e. The smallest absolute Gasteiger partial charge is 0.319 e. The number of piperazine rings is 1. The molecule has 10 heteroatoms. The van der Waals surface area contributed by atoms with Gasteiger partial charge < -0.3 is 24.3 Å². The number of carbonyl (C=O) groups is 1. The van der Waals surface area contributed by atoms with Gasteiger partial charge in [-0.3, -0.25) is 4.79 Å². The number of likely N-dealkylation sites (N-methyl/N-ethyl adjacent to an activating group) is 1. The van der Waals surface area contributed by atoms with Crippen LogP contribution in [-0.4, -0.2) is 84.1 Å². The van der Waals surface area contributed by atoms with Crippen LogP contribution in [0.15, 0.2) is 42.7 Å². The minimum atomic E-state index is -1.05. The lowest BCUT2D eigenvalue weighted by atomic mass is 9.93. The van der Waals surface area contributed by atoms with E-state index in [4.69, 9.17) is 16.3 Å². The zero-order valence-electron chi connectivity index (χ0n) is 24.2. The first-order chi connectivity index (χ1) is 20.8. The lowest BCUT2D eigenvalue weighted by molar-refractivity contribution is -0.131. The average Bonchev–Trinajstić information content (AvgIpc) is 3.50. The Morgan fingerprint density at radius 1 is 1.16 bits per heavy atom. The Hall–Kier alpha value is -4.10. The molecule has 3 fully saturated rings. The van der Waals surface area contributed by atoms with Crippen molar-refractivity contribution in [3.63, 3.8) is 0 Å². The Balaban J connectivity index is 1.29. The molecule has 2 saturated heterocycles. The molecule has 4 aliphatic rings. The summed E-state index contributed by atoms with van der Waals surface area (Å²) in [5, 5.41) is 0.526. The summed E-state index contributed by atoms with van der Waals surface area (Å²) in [7, 11) is 2.06. The van der Waals surface area contributed by atoms with E-state index in [0.717, 1.165) is 31.4 Å². The van der Waals surface area contributed by atoms with Crippen molar-refractivity contribution in [1.29, 1.82) is 0 Å². The van der Waals surface area contributed by atoms with E-state index in [1.165, 1.54) is 22.4 Å². The van der Waals surface area contributed by atoms with Gasteiger partial charge in [-0.1, -0.05) is 30.8 Å². The number of carbonyl (C=O) groups excluding carboxylic acids is 1. The third kappa shape index (κ3) is 4.89. The van der Waals surface area contributed by atoms with Gasteiger partial charge in [-0.15, -0.1) is 0 Å². The number of nitrogens with zero attached hydrogens (tertiary/aromatic N) is 6. The molecule has 2 aromatic carbocycles. The van der Waals surface area contributed by atoms with Gasteiger partial charge in [-0.2, -0.15) is 9.97 Å². The third-order valence-corrected chi connectivity index (χ3v) is 9.71. The molecule has 3 heterocycles. The molecule has 2 aliphatic carbocycles. The summed E-state index contributed by atoms with van der Waals surface area (Å²) >= 11 is 0. The van der Waals surface area contributed by atoms with Crippen LogP contribution >= 0.6 is 0 Å². The van der Waals surface area contributed by atoms with Crippen LogP contribution in [0.2, 0.25) is 0 Å². The summed E-state index contributed by atoms with van der Waals surface area (Å²) in [6, 6.07) is 9.59. The van der Waals surface area contributed by atoms with Gasteiger partial charge >= 0.3 is 6.01 Å². The molecular formula is C33H34F2N6O2. The lowest BCUT2D eigenvalue weighted by Crippen LogP contribution is -2.56. The van der Waals surface area contributed by atoms with Crippen LogP contribution in [0.25, 0.3) is 26.9 Å². The standard InChI is InChI=1S/C33H34F2N6O2/c1-19(34)32(42)41-13-12-40(17-22(41)16-36-2)31-26-10-9-25(23-7-4-8-24-27-14-20(27)15-28(23)24)29(35)30(26)37-33(38-31)43-18-21-6-5-11-39(21)3/h4,7-10,20-22,27H,1,5-6,11-18H2,3H3/t20-,21+,22+,27-/m1/s1. The van der Waals surface area contributed by atoms with Crippen molar-refractivity contribution in [2.24, 2.45) is 5.92 Å². The van der Waals surface area contributed by atoms with E-state index in [1.807, 2.05) is 29.2 Å². The van der Waals surface area contributed by atoms with Crippen LogP contribution in [0.4, 0.5) is 14.6 Å². The highest BCUT2D eigenvalue weighted by molar-refractivity contribution is 5.94. The second-order valence-electron chi connectivity index (χ2n) is 12.3. The van der Waals surface area contributed by atoms with E-state index >= 15 is 4.39 Å². The number of rotatable bonds is 7. The summed E-state index contributed by atoms with van der Waals surface area (Å²) in [6.07, 6.45) is 4.29. The van der Waals surface area contributed by atoms with E-state index in [9.17, 15) is 9.18 Å². The monoisotopic (exact) mass is 584 g/mol. The van der Waals surface area contributed by atoms with Gasteiger partial charge in [0, 0.05) is 36.6 Å². The van der Waals surface area contributed by atoms with Gasteiger partial charge in [-0.25, -0.2) is 15.4 Å². The van der Waals surface area contributed by atoms with Crippen molar-refractivity contribution in [3.8, 4) is 17.1 Å². The first-order valence-corrected chi connectivity index (χ1v) is 15.0. The fraction of sp³-hybridized carbons (Fsp3) is 0.455.